The SMILES string of the molecule is C#CCCC(=O)N(NC(=O)CNC)C(Cc1ccccc1)[C@H](O)CN(CC(C)C)S(=O)(=O)c1ccc2ncsc2c1. The van der Waals surface area contributed by atoms with E-state index in [4.69, 9.17) is 6.42 Å². The summed E-state index contributed by atoms with van der Waals surface area (Å²) in [6, 6.07) is 12.9. The average Bonchev–Trinajstić information content (AvgIpc) is 3.42. The predicted octanol–water partition coefficient (Wildman–Crippen LogP) is 2.41. The van der Waals surface area contributed by atoms with Gasteiger partial charge in [0.15, 0.2) is 0 Å². The Hall–Kier alpha value is -3.34. The van der Waals surface area contributed by atoms with Crippen molar-refractivity contribution in [3.63, 3.8) is 0 Å². The summed E-state index contributed by atoms with van der Waals surface area (Å²) in [6.07, 6.45) is 4.26. The number of likely N-dealkylation sites (N-methyl/N-ethyl adjacent to an activating group) is 1. The van der Waals surface area contributed by atoms with Crippen LogP contribution in [0.2, 0.25) is 0 Å². The van der Waals surface area contributed by atoms with Crippen LogP contribution in [0, 0.1) is 18.3 Å². The third kappa shape index (κ3) is 8.82. The van der Waals surface area contributed by atoms with Gasteiger partial charge in [-0.1, -0.05) is 44.2 Å². The Bertz CT molecular complexity index is 1450. The third-order valence-electron chi connectivity index (χ3n) is 6.30. The standard InChI is InChI=1S/C29H37N5O5S2/c1-5-6-12-29(37)34(32-28(36)17-30-4)25(15-22-10-8-7-9-11-22)26(35)19-33(18-21(2)3)41(38,39)23-13-14-24-27(16-23)40-20-31-24/h1,7-11,13-14,16,20-21,25-26,30,35H,6,12,15,17-19H2,2-4H3,(H,32,36)/t25?,26-/m1/s1. The van der Waals surface area contributed by atoms with E-state index >= 15 is 0 Å². The Morgan fingerprint density at radius 2 is 1.88 bits per heavy atom. The van der Waals surface area contributed by atoms with Crippen LogP contribution in [0.5, 0.6) is 0 Å². The number of nitrogens with one attached hydrogen (secondary N) is 2. The molecule has 0 bridgehead atoms. The number of carbonyl (C=O) groups excluding carboxylic acids is 2. The van der Waals surface area contributed by atoms with Crippen molar-refractivity contribution in [2.75, 3.05) is 26.7 Å². The van der Waals surface area contributed by atoms with Gasteiger partial charge in [0.2, 0.25) is 15.9 Å². The van der Waals surface area contributed by atoms with Gasteiger partial charge in [-0.05, 0) is 43.1 Å². The number of amides is 2. The van der Waals surface area contributed by atoms with Crippen LogP contribution >= 0.6 is 11.3 Å². The van der Waals surface area contributed by atoms with Crippen molar-refractivity contribution in [1.29, 1.82) is 0 Å². The normalized spacial score (nSPS) is 13.2. The highest BCUT2D eigenvalue weighted by Crippen LogP contribution is 2.25. The zero-order valence-electron chi connectivity index (χ0n) is 23.5. The first-order valence-corrected chi connectivity index (χ1v) is 15.6. The Morgan fingerprint density at radius 3 is 2.54 bits per heavy atom. The fraction of sp³-hybridized carbons (Fsp3) is 0.414. The van der Waals surface area contributed by atoms with E-state index in [1.165, 1.54) is 21.7 Å². The van der Waals surface area contributed by atoms with E-state index in [0.717, 1.165) is 15.3 Å². The van der Waals surface area contributed by atoms with Crippen molar-refractivity contribution in [2.24, 2.45) is 5.92 Å². The summed E-state index contributed by atoms with van der Waals surface area (Å²) < 4.78 is 29.7. The number of benzene rings is 2. The van der Waals surface area contributed by atoms with Crippen LogP contribution in [0.25, 0.3) is 10.2 Å². The summed E-state index contributed by atoms with van der Waals surface area (Å²) in [5.41, 5.74) is 5.76. The van der Waals surface area contributed by atoms with E-state index in [1.807, 2.05) is 44.2 Å². The Morgan fingerprint density at radius 1 is 1.15 bits per heavy atom. The largest absolute Gasteiger partial charge is 0.390 e. The molecule has 0 aliphatic carbocycles. The number of terminal acetylenes is 1. The Balaban J connectivity index is 2.00. The number of hydrogen-bond donors (Lipinski definition) is 3. The lowest BCUT2D eigenvalue weighted by Crippen LogP contribution is -2.60. The molecule has 0 aliphatic heterocycles. The molecule has 2 aromatic carbocycles. The molecule has 0 saturated carbocycles. The Labute approximate surface area is 245 Å². The van der Waals surface area contributed by atoms with Crippen molar-refractivity contribution in [2.45, 2.75) is 50.2 Å². The van der Waals surface area contributed by atoms with E-state index in [1.54, 1.807) is 24.7 Å². The molecule has 0 saturated heterocycles. The zero-order chi connectivity index (χ0) is 30.0. The van der Waals surface area contributed by atoms with Gasteiger partial charge in [0.05, 0.1) is 39.3 Å². The summed E-state index contributed by atoms with van der Waals surface area (Å²) in [6.45, 7) is 3.53. The highest BCUT2D eigenvalue weighted by Gasteiger charge is 2.36. The molecular formula is C29H37N5O5S2. The molecule has 12 heteroatoms. The van der Waals surface area contributed by atoms with Crippen LogP contribution in [-0.2, 0) is 26.0 Å². The smallest absolute Gasteiger partial charge is 0.252 e. The first kappa shape index (κ1) is 32.2. The number of nitrogens with zero attached hydrogens (tertiary/aromatic N) is 3. The first-order chi connectivity index (χ1) is 19.6. The molecule has 41 heavy (non-hydrogen) atoms. The van der Waals surface area contributed by atoms with Gasteiger partial charge >= 0.3 is 0 Å². The molecular weight excluding hydrogens is 562 g/mol. The lowest BCUT2D eigenvalue weighted by atomic mass is 9.99. The molecule has 1 aromatic heterocycles. The lowest BCUT2D eigenvalue weighted by molar-refractivity contribution is -0.147. The highest BCUT2D eigenvalue weighted by atomic mass is 32.2. The van der Waals surface area contributed by atoms with Crippen molar-refractivity contribution in [3.8, 4) is 12.3 Å². The van der Waals surface area contributed by atoms with Crippen molar-refractivity contribution < 1.29 is 23.1 Å². The van der Waals surface area contributed by atoms with Crippen molar-refractivity contribution in [3.05, 3.63) is 59.6 Å². The highest BCUT2D eigenvalue weighted by molar-refractivity contribution is 7.89. The van der Waals surface area contributed by atoms with E-state index in [9.17, 15) is 23.1 Å². The predicted molar refractivity (Wildman–Crippen MR) is 160 cm³/mol. The first-order valence-electron chi connectivity index (χ1n) is 13.3. The fourth-order valence-corrected chi connectivity index (χ4v) is 6.81. The maximum Gasteiger partial charge on any atom is 0.252 e. The zero-order valence-corrected chi connectivity index (χ0v) is 25.1. The van der Waals surface area contributed by atoms with Gasteiger partial charge in [-0.2, -0.15) is 4.31 Å². The van der Waals surface area contributed by atoms with Crippen molar-refractivity contribution in [1.82, 2.24) is 25.0 Å². The summed E-state index contributed by atoms with van der Waals surface area (Å²) in [7, 11) is -2.44. The van der Waals surface area contributed by atoms with Gasteiger partial charge in [0.1, 0.15) is 0 Å². The van der Waals surface area contributed by atoms with Crippen LogP contribution in [0.3, 0.4) is 0 Å². The van der Waals surface area contributed by atoms with Gasteiger partial charge in [-0.15, -0.1) is 23.7 Å². The van der Waals surface area contributed by atoms with Crippen LogP contribution in [-0.4, -0.2) is 78.5 Å². The molecule has 0 aliphatic rings. The molecule has 0 spiro atoms. The van der Waals surface area contributed by atoms with Gasteiger partial charge in [-0.3, -0.25) is 15.0 Å². The second-order valence-electron chi connectivity index (χ2n) is 10.1. The lowest BCUT2D eigenvalue weighted by Gasteiger charge is -2.37. The van der Waals surface area contributed by atoms with E-state index in [2.05, 4.69) is 21.6 Å². The number of sulfonamides is 1. The average molecular weight is 600 g/mol. The molecule has 2 amide bonds. The fourth-order valence-electron chi connectivity index (χ4n) is 4.37. The monoisotopic (exact) mass is 599 g/mol. The van der Waals surface area contributed by atoms with Crippen LogP contribution < -0.4 is 10.7 Å². The molecule has 3 aromatic rings. The number of fused-ring (bicyclic) bond motifs is 1. The van der Waals surface area contributed by atoms with Crippen LogP contribution in [0.1, 0.15) is 32.3 Å². The molecule has 3 N–H and O–H groups in total. The number of aliphatic hydroxyl groups is 1. The molecule has 220 valence electrons. The van der Waals surface area contributed by atoms with E-state index in [-0.39, 0.29) is 49.7 Å². The number of aromatic nitrogens is 1. The number of hydrogen-bond acceptors (Lipinski definition) is 8. The van der Waals surface area contributed by atoms with Crippen LogP contribution in [0.15, 0.2) is 58.9 Å². The minimum absolute atomic E-state index is 0.0552. The number of hydrazine groups is 1. The Kier molecular flexibility index (Phi) is 11.8. The molecule has 3 rings (SSSR count). The van der Waals surface area contributed by atoms with Gasteiger partial charge < -0.3 is 10.4 Å². The topological polar surface area (TPSA) is 132 Å². The second kappa shape index (κ2) is 15.0. The minimum atomic E-state index is -4.03. The molecule has 1 heterocycles. The molecule has 0 fully saturated rings. The quantitative estimate of drug-likeness (QED) is 0.192. The molecule has 2 atom stereocenters. The molecule has 10 nitrogen and oxygen atoms in total. The molecule has 0 radical (unpaired) electrons. The summed E-state index contributed by atoms with van der Waals surface area (Å²) in [4.78, 5) is 30.2. The number of rotatable bonds is 14. The summed E-state index contributed by atoms with van der Waals surface area (Å²) >= 11 is 1.34. The van der Waals surface area contributed by atoms with E-state index < -0.39 is 34.0 Å². The van der Waals surface area contributed by atoms with Gasteiger partial charge in [0.25, 0.3) is 5.91 Å². The third-order valence-corrected chi connectivity index (χ3v) is 8.92. The minimum Gasteiger partial charge on any atom is -0.390 e. The number of carbonyl (C=O) groups is 2. The van der Waals surface area contributed by atoms with Gasteiger partial charge in [0, 0.05) is 25.9 Å². The second-order valence-corrected chi connectivity index (χ2v) is 12.9. The van der Waals surface area contributed by atoms with Crippen LogP contribution in [0.4, 0.5) is 0 Å². The van der Waals surface area contributed by atoms with Gasteiger partial charge in [-0.25, -0.2) is 18.4 Å². The van der Waals surface area contributed by atoms with E-state index in [0.29, 0.717) is 5.52 Å². The number of thiazole rings is 1. The van der Waals surface area contributed by atoms with Crippen molar-refractivity contribution >= 4 is 43.4 Å². The number of aliphatic hydroxyl groups excluding tert-OH is 1. The summed E-state index contributed by atoms with van der Waals surface area (Å²) in [5.74, 6) is 1.40. The maximum atomic E-state index is 13.9. The molecule has 1 unspecified atom stereocenters. The maximum absolute atomic E-state index is 13.9. The summed E-state index contributed by atoms with van der Waals surface area (Å²) in [5, 5.41) is 15.5.